The molecular weight excluding hydrogens is 386 g/mol. The molecule has 9 heteroatoms. The molecule has 140 valence electrons. The molecule has 0 aliphatic heterocycles. The first-order chi connectivity index (χ1) is 13.2. The van der Waals surface area contributed by atoms with Crippen molar-refractivity contribution in [1.82, 2.24) is 14.9 Å². The minimum Gasteiger partial charge on any atom is -0.497 e. The fourth-order valence-corrected chi connectivity index (χ4v) is 3.60. The third kappa shape index (κ3) is 4.89. The number of ether oxygens (including phenoxy) is 2. The van der Waals surface area contributed by atoms with E-state index in [1.54, 1.807) is 31.4 Å². The van der Waals surface area contributed by atoms with Gasteiger partial charge in [0.05, 0.1) is 18.6 Å². The lowest BCUT2D eigenvalue weighted by molar-refractivity contribution is 0.0507. The summed E-state index contributed by atoms with van der Waals surface area (Å²) < 4.78 is 14.2. The van der Waals surface area contributed by atoms with Crippen molar-refractivity contribution in [1.29, 1.82) is 0 Å². The van der Waals surface area contributed by atoms with Crippen molar-refractivity contribution in [3.05, 3.63) is 52.2 Å². The smallest absolute Gasteiger partial charge is 0.352 e. The Morgan fingerprint density at radius 3 is 2.70 bits per heavy atom. The van der Waals surface area contributed by atoms with Gasteiger partial charge in [-0.2, -0.15) is 0 Å². The lowest BCUT2D eigenvalue weighted by atomic mass is 10.2. The van der Waals surface area contributed by atoms with Crippen molar-refractivity contribution in [3.63, 3.8) is 0 Å². The summed E-state index contributed by atoms with van der Waals surface area (Å²) in [5, 5.41) is 8.70. The van der Waals surface area contributed by atoms with Gasteiger partial charge in [-0.15, -0.1) is 16.4 Å². The van der Waals surface area contributed by atoms with Crippen LogP contribution in [-0.4, -0.2) is 41.7 Å². The lowest BCUT2D eigenvalue weighted by Crippen LogP contribution is -2.25. The number of hydrogen-bond acceptors (Lipinski definition) is 8. The van der Waals surface area contributed by atoms with E-state index in [0.717, 1.165) is 16.4 Å². The van der Waals surface area contributed by atoms with Crippen LogP contribution in [0.5, 0.6) is 5.75 Å². The Labute approximate surface area is 164 Å². The molecule has 0 radical (unpaired) electrons. The molecule has 3 aromatic rings. The second kappa shape index (κ2) is 9.24. The van der Waals surface area contributed by atoms with Crippen molar-refractivity contribution in [2.75, 3.05) is 20.3 Å². The molecule has 27 heavy (non-hydrogen) atoms. The summed E-state index contributed by atoms with van der Waals surface area (Å²) in [5.74, 6) is 0.0587. The zero-order valence-electron chi connectivity index (χ0n) is 14.5. The maximum absolute atomic E-state index is 12.2. The van der Waals surface area contributed by atoms with Gasteiger partial charge in [-0.05, 0) is 53.7 Å². The topological polar surface area (TPSA) is 90.4 Å². The maximum Gasteiger partial charge on any atom is 0.352 e. The van der Waals surface area contributed by atoms with Gasteiger partial charge in [-0.25, -0.2) is 4.79 Å². The average Bonchev–Trinajstić information content (AvgIpc) is 3.38. The van der Waals surface area contributed by atoms with Crippen molar-refractivity contribution in [2.24, 2.45) is 0 Å². The number of amides is 1. The molecule has 0 unspecified atom stereocenters. The van der Waals surface area contributed by atoms with Crippen molar-refractivity contribution < 1.29 is 19.1 Å². The van der Waals surface area contributed by atoms with Gasteiger partial charge in [-0.1, -0.05) is 10.6 Å². The molecule has 0 aliphatic rings. The van der Waals surface area contributed by atoms with Crippen LogP contribution >= 0.6 is 22.9 Å². The Bertz CT molecular complexity index is 892. The number of hydrogen-bond donors (Lipinski definition) is 1. The molecule has 0 aliphatic carbocycles. The Hall–Kier alpha value is -2.78. The number of nitrogens with zero attached hydrogens (tertiary/aromatic N) is 2. The highest BCUT2D eigenvalue weighted by Gasteiger charge is 2.19. The molecule has 7 nitrogen and oxygen atoms in total. The summed E-state index contributed by atoms with van der Waals surface area (Å²) in [7, 11) is 1.57. The second-order valence-electron chi connectivity index (χ2n) is 5.40. The van der Waals surface area contributed by atoms with E-state index in [1.807, 2.05) is 17.5 Å². The summed E-state index contributed by atoms with van der Waals surface area (Å²) >= 11 is 2.50. The number of thiophene rings is 1. The molecule has 1 aromatic carbocycles. The number of aromatic nitrogens is 2. The Morgan fingerprint density at radius 1 is 1.19 bits per heavy atom. The van der Waals surface area contributed by atoms with Crippen molar-refractivity contribution in [3.8, 4) is 16.3 Å². The first kappa shape index (κ1) is 19.0. The van der Waals surface area contributed by atoms with E-state index in [2.05, 4.69) is 14.9 Å². The van der Waals surface area contributed by atoms with Crippen molar-refractivity contribution >= 4 is 34.7 Å². The summed E-state index contributed by atoms with van der Waals surface area (Å²) in [6.07, 6.45) is 0.508. The summed E-state index contributed by atoms with van der Waals surface area (Å²) in [6, 6.07) is 10.6. The van der Waals surface area contributed by atoms with Crippen LogP contribution in [-0.2, 0) is 4.74 Å². The Kier molecular flexibility index (Phi) is 6.50. The van der Waals surface area contributed by atoms with Crippen LogP contribution in [0.1, 0.15) is 26.5 Å². The molecular formula is C18H17N3O4S2. The van der Waals surface area contributed by atoms with Gasteiger partial charge >= 0.3 is 5.97 Å². The SMILES string of the molecule is COc1ccc(C(=O)NCCCOC(=O)c2snnc2-c2cccs2)cc1. The summed E-state index contributed by atoms with van der Waals surface area (Å²) in [5.41, 5.74) is 1.09. The van der Waals surface area contributed by atoms with Crippen molar-refractivity contribution in [2.45, 2.75) is 6.42 Å². The Balaban J connectivity index is 1.42. The molecule has 0 bridgehead atoms. The number of carbonyl (C=O) groups is 2. The molecule has 0 atom stereocenters. The van der Waals surface area contributed by atoms with Crippen LogP contribution in [0, 0.1) is 0 Å². The quantitative estimate of drug-likeness (QED) is 0.459. The molecule has 1 N–H and O–H groups in total. The average molecular weight is 403 g/mol. The van der Waals surface area contributed by atoms with E-state index in [4.69, 9.17) is 9.47 Å². The van der Waals surface area contributed by atoms with Gasteiger partial charge in [0, 0.05) is 12.1 Å². The van der Waals surface area contributed by atoms with Crippen LogP contribution in [0.15, 0.2) is 41.8 Å². The largest absolute Gasteiger partial charge is 0.497 e. The van der Waals surface area contributed by atoms with Gasteiger partial charge in [0.2, 0.25) is 0 Å². The van der Waals surface area contributed by atoms with E-state index in [1.165, 1.54) is 11.3 Å². The van der Waals surface area contributed by atoms with Gasteiger partial charge in [0.1, 0.15) is 11.4 Å². The predicted octanol–water partition coefficient (Wildman–Crippen LogP) is 3.25. The summed E-state index contributed by atoms with van der Waals surface area (Å²) in [4.78, 5) is 25.5. The van der Waals surface area contributed by atoms with Gasteiger partial charge in [-0.3, -0.25) is 4.79 Å². The van der Waals surface area contributed by atoms with E-state index in [-0.39, 0.29) is 12.5 Å². The zero-order chi connectivity index (χ0) is 19.1. The number of esters is 1. The van der Waals surface area contributed by atoms with Crippen LogP contribution in [0.25, 0.3) is 10.6 Å². The number of carbonyl (C=O) groups excluding carboxylic acids is 2. The van der Waals surface area contributed by atoms with Crippen LogP contribution in [0.4, 0.5) is 0 Å². The molecule has 3 rings (SSSR count). The zero-order valence-corrected chi connectivity index (χ0v) is 16.1. The first-order valence-electron chi connectivity index (χ1n) is 8.14. The van der Waals surface area contributed by atoms with Gasteiger partial charge in [0.15, 0.2) is 4.88 Å². The number of methoxy groups -OCH3 is 1. The standard InChI is InChI=1S/C18H17N3O4S2/c1-24-13-7-5-12(6-8-13)17(22)19-9-3-10-25-18(23)16-15(20-21-27-16)14-4-2-11-26-14/h2,4-8,11H,3,9-10H2,1H3,(H,19,22). The molecule has 0 spiro atoms. The maximum atomic E-state index is 12.2. The van der Waals surface area contributed by atoms with Crippen LogP contribution < -0.4 is 10.1 Å². The molecule has 2 aromatic heterocycles. The van der Waals surface area contributed by atoms with E-state index in [9.17, 15) is 9.59 Å². The third-order valence-electron chi connectivity index (χ3n) is 3.62. The van der Waals surface area contributed by atoms with Gasteiger partial charge < -0.3 is 14.8 Å². The number of rotatable bonds is 8. The highest BCUT2D eigenvalue weighted by Crippen LogP contribution is 2.28. The predicted molar refractivity (Wildman–Crippen MR) is 103 cm³/mol. The first-order valence-corrected chi connectivity index (χ1v) is 9.80. The fourth-order valence-electron chi connectivity index (χ4n) is 2.25. The summed E-state index contributed by atoms with van der Waals surface area (Å²) in [6.45, 7) is 0.598. The number of nitrogens with one attached hydrogen (secondary N) is 1. The van der Waals surface area contributed by atoms with E-state index in [0.29, 0.717) is 34.8 Å². The normalized spacial score (nSPS) is 10.4. The molecule has 2 heterocycles. The molecule has 0 saturated carbocycles. The minimum atomic E-state index is -0.449. The fraction of sp³-hybridized carbons (Fsp3) is 0.222. The lowest BCUT2D eigenvalue weighted by Gasteiger charge is -2.07. The minimum absolute atomic E-state index is 0.185. The highest BCUT2D eigenvalue weighted by atomic mass is 32.1. The monoisotopic (exact) mass is 403 g/mol. The molecule has 0 fully saturated rings. The second-order valence-corrected chi connectivity index (χ2v) is 7.10. The van der Waals surface area contributed by atoms with Crippen LogP contribution in [0.2, 0.25) is 0 Å². The molecule has 0 saturated heterocycles. The van der Waals surface area contributed by atoms with E-state index >= 15 is 0 Å². The highest BCUT2D eigenvalue weighted by molar-refractivity contribution is 7.14. The van der Waals surface area contributed by atoms with Gasteiger partial charge in [0.25, 0.3) is 5.91 Å². The Morgan fingerprint density at radius 2 is 2.00 bits per heavy atom. The third-order valence-corrected chi connectivity index (χ3v) is 5.20. The van der Waals surface area contributed by atoms with E-state index < -0.39 is 5.97 Å². The molecule has 1 amide bonds. The van der Waals surface area contributed by atoms with Crippen LogP contribution in [0.3, 0.4) is 0 Å². The number of benzene rings is 1.